The first-order chi connectivity index (χ1) is 6.27. The van der Waals surface area contributed by atoms with E-state index in [0.717, 1.165) is 12.8 Å². The van der Waals surface area contributed by atoms with Crippen LogP contribution >= 0.6 is 0 Å². The number of nitrogens with zero attached hydrogens (tertiary/aromatic N) is 1. The van der Waals surface area contributed by atoms with Gasteiger partial charge in [-0.15, -0.1) is 0 Å². The van der Waals surface area contributed by atoms with Crippen molar-refractivity contribution in [2.24, 2.45) is 0 Å². The van der Waals surface area contributed by atoms with Crippen LogP contribution in [0.4, 0.5) is 4.79 Å². The fraction of sp³-hybridized carbons (Fsp3) is 0.889. The van der Waals surface area contributed by atoms with Gasteiger partial charge in [0.25, 0.3) is 0 Å². The average molecular weight is 187 g/mol. The zero-order valence-electron chi connectivity index (χ0n) is 8.28. The number of carbonyl (C=O) groups excluding carboxylic acids is 1. The second-order valence-corrected chi connectivity index (χ2v) is 3.23. The van der Waals surface area contributed by atoms with Gasteiger partial charge in [0.15, 0.2) is 0 Å². The predicted molar refractivity (Wildman–Crippen MR) is 48.6 cm³/mol. The van der Waals surface area contributed by atoms with Crippen LogP contribution in [0.15, 0.2) is 0 Å². The maximum absolute atomic E-state index is 11.2. The molecule has 0 N–H and O–H groups in total. The molecule has 0 saturated carbocycles. The first-order valence-electron chi connectivity index (χ1n) is 4.72. The van der Waals surface area contributed by atoms with Crippen molar-refractivity contribution in [2.45, 2.75) is 25.9 Å². The molecule has 0 spiro atoms. The molecule has 0 aromatic heterocycles. The summed E-state index contributed by atoms with van der Waals surface area (Å²) in [5.41, 5.74) is 0. The summed E-state index contributed by atoms with van der Waals surface area (Å²) in [6.45, 7) is 3.94. The monoisotopic (exact) mass is 187 g/mol. The number of methoxy groups -OCH3 is 1. The third-order valence-electron chi connectivity index (χ3n) is 2.16. The Kier molecular flexibility index (Phi) is 4.02. The number of rotatable bonds is 4. The van der Waals surface area contributed by atoms with Crippen LogP contribution in [0.3, 0.4) is 0 Å². The standard InChI is InChI=1S/C9H17NO3/c1-3-4-5-13-9(11)10-6-8(7-10)12-2/h8H,3-7H2,1-2H3. The van der Waals surface area contributed by atoms with Crippen molar-refractivity contribution in [1.29, 1.82) is 0 Å². The predicted octanol–water partition coefficient (Wildman–Crippen LogP) is 1.25. The van der Waals surface area contributed by atoms with Gasteiger partial charge in [0.2, 0.25) is 0 Å². The maximum Gasteiger partial charge on any atom is 0.409 e. The number of amides is 1. The molecular formula is C9H17NO3. The second-order valence-electron chi connectivity index (χ2n) is 3.23. The molecule has 1 aliphatic rings. The highest BCUT2D eigenvalue weighted by atomic mass is 16.6. The molecule has 0 unspecified atom stereocenters. The van der Waals surface area contributed by atoms with Crippen molar-refractivity contribution >= 4 is 6.09 Å². The summed E-state index contributed by atoms with van der Waals surface area (Å²) in [7, 11) is 1.66. The van der Waals surface area contributed by atoms with Crippen LogP contribution in [0.5, 0.6) is 0 Å². The number of unbranched alkanes of at least 4 members (excludes halogenated alkanes) is 1. The number of carbonyl (C=O) groups is 1. The van der Waals surface area contributed by atoms with Gasteiger partial charge in [-0.05, 0) is 6.42 Å². The van der Waals surface area contributed by atoms with E-state index in [9.17, 15) is 4.79 Å². The van der Waals surface area contributed by atoms with Gasteiger partial charge in [0, 0.05) is 7.11 Å². The van der Waals surface area contributed by atoms with E-state index in [1.54, 1.807) is 12.0 Å². The van der Waals surface area contributed by atoms with Crippen LogP contribution in [0.2, 0.25) is 0 Å². The summed E-state index contributed by atoms with van der Waals surface area (Å²) in [6, 6.07) is 0. The van der Waals surface area contributed by atoms with Crippen molar-refractivity contribution in [3.8, 4) is 0 Å². The van der Waals surface area contributed by atoms with Crippen LogP contribution in [0.25, 0.3) is 0 Å². The van der Waals surface area contributed by atoms with E-state index in [2.05, 4.69) is 6.92 Å². The SMILES string of the molecule is CCCCOC(=O)N1CC(OC)C1. The van der Waals surface area contributed by atoms with Crippen molar-refractivity contribution in [2.75, 3.05) is 26.8 Å². The molecule has 0 aromatic carbocycles. The Hall–Kier alpha value is -0.770. The Balaban J connectivity index is 2.05. The molecule has 1 saturated heterocycles. The third kappa shape index (κ3) is 2.88. The van der Waals surface area contributed by atoms with Gasteiger partial charge in [0.05, 0.1) is 25.8 Å². The van der Waals surface area contributed by atoms with Crippen LogP contribution < -0.4 is 0 Å². The summed E-state index contributed by atoms with van der Waals surface area (Å²) in [5.74, 6) is 0. The molecule has 0 aliphatic carbocycles. The molecule has 1 amide bonds. The molecule has 13 heavy (non-hydrogen) atoms. The molecule has 1 heterocycles. The van der Waals surface area contributed by atoms with Crippen molar-refractivity contribution in [1.82, 2.24) is 4.90 Å². The molecule has 1 fully saturated rings. The summed E-state index contributed by atoms with van der Waals surface area (Å²) >= 11 is 0. The minimum Gasteiger partial charge on any atom is -0.449 e. The molecule has 0 aromatic rings. The third-order valence-corrected chi connectivity index (χ3v) is 2.16. The minimum atomic E-state index is -0.207. The first-order valence-corrected chi connectivity index (χ1v) is 4.72. The Labute approximate surface area is 78.8 Å². The van der Waals surface area contributed by atoms with E-state index in [1.165, 1.54) is 0 Å². The Morgan fingerprint density at radius 3 is 2.77 bits per heavy atom. The second kappa shape index (κ2) is 5.07. The lowest BCUT2D eigenvalue weighted by molar-refractivity contribution is -0.0273. The van der Waals surface area contributed by atoms with Gasteiger partial charge in [-0.3, -0.25) is 0 Å². The van der Waals surface area contributed by atoms with Crippen molar-refractivity contribution in [3.63, 3.8) is 0 Å². The Bertz CT molecular complexity index is 166. The van der Waals surface area contributed by atoms with Crippen LogP contribution in [0.1, 0.15) is 19.8 Å². The van der Waals surface area contributed by atoms with E-state index < -0.39 is 0 Å². The van der Waals surface area contributed by atoms with Gasteiger partial charge < -0.3 is 14.4 Å². The zero-order valence-corrected chi connectivity index (χ0v) is 8.28. The van der Waals surface area contributed by atoms with Crippen molar-refractivity contribution in [3.05, 3.63) is 0 Å². The molecule has 0 radical (unpaired) electrons. The van der Waals surface area contributed by atoms with E-state index in [0.29, 0.717) is 19.7 Å². The van der Waals surface area contributed by atoms with Crippen LogP contribution in [-0.4, -0.2) is 43.9 Å². The fourth-order valence-electron chi connectivity index (χ4n) is 1.13. The highest BCUT2D eigenvalue weighted by Crippen LogP contribution is 2.11. The van der Waals surface area contributed by atoms with E-state index in [1.807, 2.05) is 0 Å². The average Bonchev–Trinajstić information content (AvgIpc) is 2.03. The number of hydrogen-bond acceptors (Lipinski definition) is 3. The minimum absolute atomic E-state index is 0.207. The lowest BCUT2D eigenvalue weighted by Gasteiger charge is -2.36. The molecule has 4 nitrogen and oxygen atoms in total. The zero-order chi connectivity index (χ0) is 9.68. The van der Waals surface area contributed by atoms with Gasteiger partial charge in [-0.25, -0.2) is 4.79 Å². The summed E-state index contributed by atoms with van der Waals surface area (Å²) in [4.78, 5) is 12.9. The van der Waals surface area contributed by atoms with Gasteiger partial charge >= 0.3 is 6.09 Å². The van der Waals surface area contributed by atoms with E-state index in [-0.39, 0.29) is 12.2 Å². The van der Waals surface area contributed by atoms with Crippen molar-refractivity contribution < 1.29 is 14.3 Å². The van der Waals surface area contributed by atoms with Crippen LogP contribution in [-0.2, 0) is 9.47 Å². The van der Waals surface area contributed by atoms with E-state index >= 15 is 0 Å². The Morgan fingerprint density at radius 2 is 2.23 bits per heavy atom. The highest BCUT2D eigenvalue weighted by molar-refractivity contribution is 5.68. The van der Waals surface area contributed by atoms with Crippen LogP contribution in [0, 0.1) is 0 Å². The Morgan fingerprint density at radius 1 is 1.54 bits per heavy atom. The number of hydrogen-bond donors (Lipinski definition) is 0. The van der Waals surface area contributed by atoms with E-state index in [4.69, 9.17) is 9.47 Å². The quantitative estimate of drug-likeness (QED) is 0.622. The smallest absolute Gasteiger partial charge is 0.409 e. The lowest BCUT2D eigenvalue weighted by atomic mass is 10.2. The first kappa shape index (κ1) is 10.3. The lowest BCUT2D eigenvalue weighted by Crippen LogP contribution is -2.54. The molecule has 1 aliphatic heterocycles. The molecule has 0 atom stereocenters. The molecule has 0 bridgehead atoms. The normalized spacial score (nSPS) is 16.9. The summed E-state index contributed by atoms with van der Waals surface area (Å²) < 4.78 is 10.1. The van der Waals surface area contributed by atoms with Gasteiger partial charge in [-0.2, -0.15) is 0 Å². The molecule has 1 rings (SSSR count). The fourth-order valence-corrected chi connectivity index (χ4v) is 1.13. The molecule has 76 valence electrons. The number of ether oxygens (including phenoxy) is 2. The summed E-state index contributed by atoms with van der Waals surface area (Å²) in [6.07, 6.45) is 1.99. The van der Waals surface area contributed by atoms with Gasteiger partial charge in [0.1, 0.15) is 0 Å². The van der Waals surface area contributed by atoms with Gasteiger partial charge in [-0.1, -0.05) is 13.3 Å². The maximum atomic E-state index is 11.2. The summed E-state index contributed by atoms with van der Waals surface area (Å²) in [5, 5.41) is 0. The topological polar surface area (TPSA) is 38.8 Å². The molecular weight excluding hydrogens is 170 g/mol. The highest BCUT2D eigenvalue weighted by Gasteiger charge is 2.31. The largest absolute Gasteiger partial charge is 0.449 e. The molecule has 4 heteroatoms. The number of likely N-dealkylation sites (tertiary alicyclic amines) is 1.